The van der Waals surface area contributed by atoms with E-state index in [2.05, 4.69) is 0 Å². The third-order valence-corrected chi connectivity index (χ3v) is 1.96. The zero-order valence-corrected chi connectivity index (χ0v) is 8.28. The molecule has 0 amide bonds. The lowest BCUT2D eigenvalue weighted by Gasteiger charge is -1.96. The normalized spacial score (nSPS) is 11.1. The molecular formula is C12H12O2. The number of hydrogen-bond acceptors (Lipinski definition) is 2. The van der Waals surface area contributed by atoms with Crippen LogP contribution < -0.4 is 0 Å². The zero-order valence-electron chi connectivity index (χ0n) is 8.28. The summed E-state index contributed by atoms with van der Waals surface area (Å²) in [7, 11) is 0. The average molecular weight is 188 g/mol. The van der Waals surface area contributed by atoms with E-state index in [1.54, 1.807) is 31.2 Å². The molecule has 0 N–H and O–H groups in total. The SMILES string of the molecule is CC(=O)/C(C)=C/C(=O)c1ccccc1. The van der Waals surface area contributed by atoms with Gasteiger partial charge in [-0.2, -0.15) is 0 Å². The van der Waals surface area contributed by atoms with Gasteiger partial charge in [-0.3, -0.25) is 9.59 Å². The van der Waals surface area contributed by atoms with Gasteiger partial charge in [0.1, 0.15) is 0 Å². The molecule has 0 saturated carbocycles. The van der Waals surface area contributed by atoms with Crippen molar-refractivity contribution < 1.29 is 9.59 Å². The van der Waals surface area contributed by atoms with Gasteiger partial charge in [0.05, 0.1) is 0 Å². The first-order chi connectivity index (χ1) is 6.61. The van der Waals surface area contributed by atoms with E-state index in [1.165, 1.54) is 13.0 Å². The van der Waals surface area contributed by atoms with Crippen LogP contribution in [0, 0.1) is 0 Å². The highest BCUT2D eigenvalue weighted by Gasteiger charge is 2.03. The van der Waals surface area contributed by atoms with Crippen molar-refractivity contribution in [3.8, 4) is 0 Å². The molecule has 0 spiro atoms. The maximum absolute atomic E-state index is 11.5. The fourth-order valence-electron chi connectivity index (χ4n) is 0.984. The Labute approximate surface area is 83.3 Å². The minimum absolute atomic E-state index is 0.0747. The molecule has 72 valence electrons. The molecule has 1 aromatic rings. The number of benzene rings is 1. The van der Waals surface area contributed by atoms with Gasteiger partial charge in [0.25, 0.3) is 0 Å². The van der Waals surface area contributed by atoms with Gasteiger partial charge in [0.15, 0.2) is 11.6 Å². The van der Waals surface area contributed by atoms with Crippen LogP contribution >= 0.6 is 0 Å². The molecule has 0 atom stereocenters. The maximum Gasteiger partial charge on any atom is 0.186 e. The molecular weight excluding hydrogens is 176 g/mol. The van der Waals surface area contributed by atoms with Gasteiger partial charge in [-0.1, -0.05) is 30.3 Å². The van der Waals surface area contributed by atoms with Gasteiger partial charge >= 0.3 is 0 Å². The molecule has 0 heterocycles. The second-order valence-corrected chi connectivity index (χ2v) is 3.11. The molecule has 1 rings (SSSR count). The predicted molar refractivity (Wildman–Crippen MR) is 55.2 cm³/mol. The molecule has 0 aliphatic carbocycles. The summed E-state index contributed by atoms with van der Waals surface area (Å²) in [5.74, 6) is -0.201. The highest BCUT2D eigenvalue weighted by Crippen LogP contribution is 2.03. The van der Waals surface area contributed by atoms with Crippen molar-refractivity contribution in [3.63, 3.8) is 0 Å². The summed E-state index contributed by atoms with van der Waals surface area (Å²) < 4.78 is 0. The highest BCUT2D eigenvalue weighted by atomic mass is 16.1. The molecule has 0 bridgehead atoms. The second-order valence-electron chi connectivity index (χ2n) is 3.11. The number of hydrogen-bond donors (Lipinski definition) is 0. The Bertz CT molecular complexity index is 375. The molecule has 0 fully saturated rings. The minimum Gasteiger partial charge on any atom is -0.295 e. The van der Waals surface area contributed by atoms with E-state index in [9.17, 15) is 9.59 Å². The molecule has 0 saturated heterocycles. The molecule has 0 unspecified atom stereocenters. The van der Waals surface area contributed by atoms with Crippen LogP contribution in [-0.2, 0) is 4.79 Å². The standard InChI is InChI=1S/C12H12O2/c1-9(10(2)13)8-12(14)11-6-4-3-5-7-11/h3-8H,1-2H3/b9-8+. The first kappa shape index (κ1) is 10.4. The van der Waals surface area contributed by atoms with Crippen molar-refractivity contribution in [3.05, 3.63) is 47.5 Å². The van der Waals surface area contributed by atoms with E-state index in [-0.39, 0.29) is 11.6 Å². The zero-order chi connectivity index (χ0) is 10.6. The molecule has 0 aliphatic heterocycles. The predicted octanol–water partition coefficient (Wildman–Crippen LogP) is 2.40. The molecule has 14 heavy (non-hydrogen) atoms. The van der Waals surface area contributed by atoms with Crippen molar-refractivity contribution in [2.75, 3.05) is 0 Å². The van der Waals surface area contributed by atoms with Gasteiger partial charge in [0, 0.05) is 5.56 Å². The smallest absolute Gasteiger partial charge is 0.186 e. The molecule has 0 aromatic heterocycles. The van der Waals surface area contributed by atoms with Crippen LogP contribution in [0.5, 0.6) is 0 Å². The van der Waals surface area contributed by atoms with Crippen molar-refractivity contribution in [1.29, 1.82) is 0 Å². The summed E-state index contributed by atoms with van der Waals surface area (Å²) in [5, 5.41) is 0. The average Bonchev–Trinajstić information content (AvgIpc) is 2.19. The fraction of sp³-hybridized carbons (Fsp3) is 0.167. The van der Waals surface area contributed by atoms with Crippen molar-refractivity contribution >= 4 is 11.6 Å². The summed E-state index contributed by atoms with van der Waals surface area (Å²) in [4.78, 5) is 22.4. The lowest BCUT2D eigenvalue weighted by Crippen LogP contribution is -1.99. The maximum atomic E-state index is 11.5. The van der Waals surface area contributed by atoms with Crippen LogP contribution in [-0.4, -0.2) is 11.6 Å². The van der Waals surface area contributed by atoms with E-state index in [1.807, 2.05) is 6.07 Å². The molecule has 2 nitrogen and oxygen atoms in total. The summed E-state index contributed by atoms with van der Waals surface area (Å²) in [6.45, 7) is 3.09. The lowest BCUT2D eigenvalue weighted by molar-refractivity contribution is -0.113. The third kappa shape index (κ3) is 2.66. The van der Waals surface area contributed by atoms with E-state index < -0.39 is 0 Å². The Morgan fingerprint density at radius 2 is 1.64 bits per heavy atom. The Morgan fingerprint density at radius 3 is 2.14 bits per heavy atom. The van der Waals surface area contributed by atoms with Crippen LogP contribution in [0.3, 0.4) is 0 Å². The molecule has 0 radical (unpaired) electrons. The van der Waals surface area contributed by atoms with Gasteiger partial charge in [-0.05, 0) is 25.5 Å². The summed E-state index contributed by atoms with van der Waals surface area (Å²) >= 11 is 0. The van der Waals surface area contributed by atoms with Gasteiger partial charge in [-0.25, -0.2) is 0 Å². The number of allylic oxidation sites excluding steroid dienone is 2. The largest absolute Gasteiger partial charge is 0.295 e. The van der Waals surface area contributed by atoms with Crippen molar-refractivity contribution in [2.45, 2.75) is 13.8 Å². The second kappa shape index (κ2) is 4.51. The third-order valence-electron chi connectivity index (χ3n) is 1.96. The fourth-order valence-corrected chi connectivity index (χ4v) is 0.984. The Hall–Kier alpha value is -1.70. The van der Waals surface area contributed by atoms with E-state index in [0.717, 1.165) is 0 Å². The number of rotatable bonds is 3. The number of carbonyl (C=O) groups is 2. The van der Waals surface area contributed by atoms with Crippen molar-refractivity contribution in [1.82, 2.24) is 0 Å². The monoisotopic (exact) mass is 188 g/mol. The minimum atomic E-state index is -0.127. The van der Waals surface area contributed by atoms with Gasteiger partial charge in [-0.15, -0.1) is 0 Å². The van der Waals surface area contributed by atoms with Crippen molar-refractivity contribution in [2.24, 2.45) is 0 Å². The summed E-state index contributed by atoms with van der Waals surface area (Å²) in [6.07, 6.45) is 1.37. The van der Waals surface area contributed by atoms with Crippen LogP contribution in [0.15, 0.2) is 42.0 Å². The van der Waals surface area contributed by atoms with Crippen LogP contribution in [0.25, 0.3) is 0 Å². The van der Waals surface area contributed by atoms with E-state index in [0.29, 0.717) is 11.1 Å². The molecule has 1 aromatic carbocycles. The van der Waals surface area contributed by atoms with Crippen LogP contribution in [0.1, 0.15) is 24.2 Å². The van der Waals surface area contributed by atoms with E-state index in [4.69, 9.17) is 0 Å². The van der Waals surface area contributed by atoms with Crippen LogP contribution in [0.2, 0.25) is 0 Å². The van der Waals surface area contributed by atoms with Crippen LogP contribution in [0.4, 0.5) is 0 Å². The molecule has 2 heteroatoms. The van der Waals surface area contributed by atoms with Gasteiger partial charge < -0.3 is 0 Å². The lowest BCUT2D eigenvalue weighted by atomic mass is 10.1. The first-order valence-corrected chi connectivity index (χ1v) is 4.40. The summed E-state index contributed by atoms with van der Waals surface area (Å²) in [5.41, 5.74) is 1.09. The Kier molecular flexibility index (Phi) is 3.35. The number of Topliss-reactive ketones (excluding diaryl/α,β-unsaturated/α-hetero) is 1. The highest BCUT2D eigenvalue weighted by molar-refractivity contribution is 6.09. The first-order valence-electron chi connectivity index (χ1n) is 4.40. The van der Waals surface area contributed by atoms with E-state index >= 15 is 0 Å². The Morgan fingerprint density at radius 1 is 1.07 bits per heavy atom. The quantitative estimate of drug-likeness (QED) is 0.539. The number of carbonyl (C=O) groups excluding carboxylic acids is 2. The molecule has 0 aliphatic rings. The topological polar surface area (TPSA) is 34.1 Å². The Balaban J connectivity index is 2.88. The summed E-state index contributed by atoms with van der Waals surface area (Å²) in [6, 6.07) is 8.89. The van der Waals surface area contributed by atoms with Gasteiger partial charge in [0.2, 0.25) is 0 Å². The number of ketones is 2.